The maximum Gasteiger partial charge on any atom is 0.314 e. The summed E-state index contributed by atoms with van der Waals surface area (Å²) in [7, 11) is 0. The summed E-state index contributed by atoms with van der Waals surface area (Å²) in [4.78, 5) is 8.37. The summed E-state index contributed by atoms with van der Waals surface area (Å²) in [5, 5.41) is 6.78. The number of halogens is 4. The Kier molecular flexibility index (Phi) is 3.93. The van der Waals surface area contributed by atoms with Gasteiger partial charge < -0.3 is 4.42 Å². The van der Waals surface area contributed by atoms with Crippen molar-refractivity contribution < 1.29 is 22.0 Å². The Bertz CT molecular complexity index is 938. The first kappa shape index (κ1) is 16.6. The van der Waals surface area contributed by atoms with Crippen molar-refractivity contribution in [3.05, 3.63) is 59.5 Å². The molecule has 0 amide bonds. The van der Waals surface area contributed by atoms with E-state index in [-0.39, 0.29) is 5.89 Å². The van der Waals surface area contributed by atoms with Crippen LogP contribution in [-0.2, 0) is 11.8 Å². The molecule has 0 unspecified atom stereocenters. The van der Waals surface area contributed by atoms with Gasteiger partial charge in [0.2, 0.25) is 0 Å². The first-order valence-corrected chi connectivity index (χ1v) is 7.85. The number of hydrogen-bond acceptors (Lipinski definition) is 5. The van der Waals surface area contributed by atoms with E-state index in [1.165, 1.54) is 24.5 Å². The van der Waals surface area contributed by atoms with E-state index >= 15 is 0 Å². The fourth-order valence-electron chi connectivity index (χ4n) is 2.91. The minimum Gasteiger partial charge on any atom is -0.415 e. The molecular formula is C17H12F4N4O. The van der Waals surface area contributed by atoms with Crippen molar-refractivity contribution in [3.8, 4) is 11.5 Å². The largest absolute Gasteiger partial charge is 0.415 e. The Hall–Kier alpha value is -2.84. The predicted molar refractivity (Wildman–Crippen MR) is 81.3 cm³/mol. The minimum atomic E-state index is -2.85. The van der Waals surface area contributed by atoms with E-state index in [4.69, 9.17) is 4.42 Å². The van der Waals surface area contributed by atoms with E-state index in [9.17, 15) is 17.6 Å². The highest BCUT2D eigenvalue weighted by atomic mass is 19.3. The van der Waals surface area contributed by atoms with Crippen LogP contribution in [0.15, 0.2) is 35.0 Å². The summed E-state index contributed by atoms with van der Waals surface area (Å²) in [6, 6.07) is 3.56. The van der Waals surface area contributed by atoms with E-state index in [0.29, 0.717) is 23.4 Å². The quantitative estimate of drug-likeness (QED) is 0.640. The second-order valence-electron chi connectivity index (χ2n) is 6.22. The Morgan fingerprint density at radius 3 is 2.38 bits per heavy atom. The molecule has 0 atom stereocenters. The van der Waals surface area contributed by atoms with Crippen molar-refractivity contribution in [1.29, 1.82) is 0 Å². The zero-order valence-electron chi connectivity index (χ0n) is 13.3. The van der Waals surface area contributed by atoms with Crippen molar-refractivity contribution in [2.45, 2.75) is 31.1 Å². The number of nitrogens with zero attached hydrogens (tertiary/aromatic N) is 4. The molecule has 1 aliphatic carbocycles. The van der Waals surface area contributed by atoms with Crippen LogP contribution >= 0.6 is 0 Å². The summed E-state index contributed by atoms with van der Waals surface area (Å²) in [6.45, 7) is 0. The molecular weight excluding hydrogens is 352 g/mol. The van der Waals surface area contributed by atoms with Crippen LogP contribution in [0.5, 0.6) is 0 Å². The van der Waals surface area contributed by atoms with Crippen molar-refractivity contribution in [1.82, 2.24) is 20.2 Å². The van der Waals surface area contributed by atoms with Gasteiger partial charge in [0.1, 0.15) is 17.5 Å². The van der Waals surface area contributed by atoms with Gasteiger partial charge in [-0.25, -0.2) is 18.7 Å². The maximum atomic E-state index is 14.1. The Labute approximate surface area is 145 Å². The fraction of sp³-hybridized carbons (Fsp3) is 0.294. The third-order valence-corrected chi connectivity index (χ3v) is 4.43. The lowest BCUT2D eigenvalue weighted by Crippen LogP contribution is -2.15. The molecule has 0 N–H and O–H groups in total. The average Bonchev–Trinajstić information content (AvgIpc) is 3.19. The van der Waals surface area contributed by atoms with Crippen LogP contribution in [0.4, 0.5) is 17.6 Å². The van der Waals surface area contributed by atoms with Crippen molar-refractivity contribution in [2.24, 2.45) is 0 Å². The molecule has 1 aromatic carbocycles. The topological polar surface area (TPSA) is 64.7 Å². The lowest BCUT2D eigenvalue weighted by molar-refractivity contribution is 0.116. The second-order valence-corrected chi connectivity index (χ2v) is 6.22. The van der Waals surface area contributed by atoms with E-state index in [1.54, 1.807) is 0 Å². The Morgan fingerprint density at radius 1 is 1.08 bits per heavy atom. The zero-order chi connectivity index (χ0) is 18.3. The normalized spacial score (nSPS) is 15.4. The lowest BCUT2D eigenvalue weighted by atomic mass is 9.91. The smallest absolute Gasteiger partial charge is 0.314 e. The SMILES string of the molecule is Fc1ccc(C2(Cc3ncc(-c4nnc(C(F)F)o4)cn3)CC2)c(F)c1. The van der Waals surface area contributed by atoms with Crippen LogP contribution in [0.25, 0.3) is 11.5 Å². The number of rotatable bonds is 5. The van der Waals surface area contributed by atoms with Crippen molar-refractivity contribution >= 4 is 0 Å². The number of aromatic nitrogens is 4. The molecule has 0 bridgehead atoms. The van der Waals surface area contributed by atoms with Gasteiger partial charge in [0.05, 0.1) is 5.56 Å². The lowest BCUT2D eigenvalue weighted by Gasteiger charge is -2.15. The van der Waals surface area contributed by atoms with E-state index in [2.05, 4.69) is 20.2 Å². The highest BCUT2D eigenvalue weighted by Crippen LogP contribution is 2.51. The summed E-state index contributed by atoms with van der Waals surface area (Å²) in [5.41, 5.74) is 0.322. The molecule has 1 fully saturated rings. The van der Waals surface area contributed by atoms with Crippen LogP contribution in [-0.4, -0.2) is 20.2 Å². The molecule has 9 heteroatoms. The second kappa shape index (κ2) is 6.15. The average molecular weight is 364 g/mol. The summed E-state index contributed by atoms with van der Waals surface area (Å²) >= 11 is 0. The molecule has 2 aromatic heterocycles. The molecule has 1 aliphatic rings. The molecule has 3 aromatic rings. The Balaban J connectivity index is 1.54. The number of hydrogen-bond donors (Lipinski definition) is 0. The van der Waals surface area contributed by atoms with Crippen LogP contribution < -0.4 is 0 Å². The first-order chi connectivity index (χ1) is 12.5. The monoisotopic (exact) mass is 364 g/mol. The predicted octanol–water partition coefficient (Wildman–Crippen LogP) is 4.02. The molecule has 5 nitrogen and oxygen atoms in total. The molecule has 0 spiro atoms. The van der Waals surface area contributed by atoms with Gasteiger partial charge in [-0.1, -0.05) is 6.07 Å². The summed E-state index contributed by atoms with van der Waals surface area (Å²) in [6.07, 6.45) is 1.83. The Morgan fingerprint density at radius 2 is 1.81 bits per heavy atom. The molecule has 0 saturated heterocycles. The molecule has 1 saturated carbocycles. The van der Waals surface area contributed by atoms with Gasteiger partial charge in [-0.05, 0) is 24.5 Å². The minimum absolute atomic E-state index is 0.0995. The van der Waals surface area contributed by atoms with Gasteiger partial charge in [0.15, 0.2) is 0 Å². The van der Waals surface area contributed by atoms with Gasteiger partial charge >= 0.3 is 6.43 Å². The molecule has 2 heterocycles. The molecule has 26 heavy (non-hydrogen) atoms. The molecule has 4 rings (SSSR count). The van der Waals surface area contributed by atoms with Gasteiger partial charge in [-0.3, -0.25) is 0 Å². The van der Waals surface area contributed by atoms with Gasteiger partial charge in [-0.2, -0.15) is 8.78 Å². The van der Waals surface area contributed by atoms with Crippen molar-refractivity contribution in [2.75, 3.05) is 0 Å². The number of alkyl halides is 2. The van der Waals surface area contributed by atoms with Crippen LogP contribution in [0.1, 0.15) is 36.5 Å². The van der Waals surface area contributed by atoms with E-state index in [0.717, 1.165) is 18.9 Å². The van der Waals surface area contributed by atoms with E-state index in [1.807, 2.05) is 0 Å². The highest BCUT2D eigenvalue weighted by molar-refractivity contribution is 5.49. The van der Waals surface area contributed by atoms with Crippen LogP contribution in [0.3, 0.4) is 0 Å². The first-order valence-electron chi connectivity index (χ1n) is 7.85. The van der Waals surface area contributed by atoms with Crippen LogP contribution in [0, 0.1) is 11.6 Å². The van der Waals surface area contributed by atoms with Gasteiger partial charge in [-0.15, -0.1) is 10.2 Å². The molecule has 0 aliphatic heterocycles. The number of benzene rings is 1. The van der Waals surface area contributed by atoms with Crippen molar-refractivity contribution in [3.63, 3.8) is 0 Å². The summed E-state index contributed by atoms with van der Waals surface area (Å²) in [5.74, 6) is -1.61. The third kappa shape index (κ3) is 3.04. The van der Waals surface area contributed by atoms with E-state index < -0.39 is 29.4 Å². The highest BCUT2D eigenvalue weighted by Gasteiger charge is 2.46. The van der Waals surface area contributed by atoms with Gasteiger partial charge in [0.25, 0.3) is 11.8 Å². The summed E-state index contributed by atoms with van der Waals surface area (Å²) < 4.78 is 57.0. The standard InChI is InChI=1S/C17H12F4N4O/c18-10-1-2-11(12(19)5-10)17(3-4-17)6-13-22-7-9(8-23-13)15-24-25-16(26-15)14(20)21/h1-2,5,7-8,14H,3-4,6H2. The third-order valence-electron chi connectivity index (χ3n) is 4.43. The van der Waals surface area contributed by atoms with Crippen LogP contribution in [0.2, 0.25) is 0 Å². The van der Waals surface area contributed by atoms with Gasteiger partial charge in [0, 0.05) is 30.3 Å². The molecule has 134 valence electrons. The fourth-order valence-corrected chi connectivity index (χ4v) is 2.91. The zero-order valence-corrected chi connectivity index (χ0v) is 13.3. The molecule has 0 radical (unpaired) electrons. The maximum absolute atomic E-state index is 14.1.